The molecule has 9 heteroatoms. The highest BCUT2D eigenvalue weighted by Gasteiger charge is 2.33. The first-order chi connectivity index (χ1) is 8.97. The fraction of sp³-hybridized carbons (Fsp3) is 0.545. The lowest BCUT2D eigenvalue weighted by atomic mass is 10.2. The van der Waals surface area contributed by atoms with Gasteiger partial charge in [-0.05, 0) is 38.4 Å². The normalized spacial score (nSPS) is 12.2. The van der Waals surface area contributed by atoms with Crippen LogP contribution in [0.4, 0.5) is 18.0 Å². The van der Waals surface area contributed by atoms with Gasteiger partial charge in [0.2, 0.25) is 5.28 Å². The third kappa shape index (κ3) is 5.60. The van der Waals surface area contributed by atoms with Gasteiger partial charge >= 0.3 is 12.3 Å². The minimum absolute atomic E-state index is 0.0665. The average Bonchev–Trinajstić information content (AvgIpc) is 2.22. The Morgan fingerprint density at radius 1 is 1.35 bits per heavy atom. The number of aromatic nitrogens is 2. The molecule has 0 radical (unpaired) electrons. The summed E-state index contributed by atoms with van der Waals surface area (Å²) in [5.41, 5.74) is -1.94. The monoisotopic (exact) mass is 311 g/mol. The molecule has 1 aromatic rings. The zero-order valence-electron chi connectivity index (χ0n) is 11.0. The molecule has 112 valence electrons. The summed E-state index contributed by atoms with van der Waals surface area (Å²) < 4.78 is 42.5. The Balaban J connectivity index is 2.74. The van der Waals surface area contributed by atoms with Crippen molar-refractivity contribution in [1.82, 2.24) is 15.3 Å². The molecule has 0 aliphatic heterocycles. The van der Waals surface area contributed by atoms with E-state index in [1.807, 2.05) is 0 Å². The number of nitrogens with zero attached hydrogens (tertiary/aromatic N) is 2. The molecule has 0 fully saturated rings. The Morgan fingerprint density at radius 3 is 2.45 bits per heavy atom. The third-order valence-corrected chi connectivity index (χ3v) is 2.02. The van der Waals surface area contributed by atoms with Gasteiger partial charge in [0.05, 0.1) is 12.2 Å². The van der Waals surface area contributed by atoms with Gasteiger partial charge in [-0.15, -0.1) is 0 Å². The topological polar surface area (TPSA) is 64.1 Å². The summed E-state index contributed by atoms with van der Waals surface area (Å²) in [7, 11) is 0. The molecule has 0 aromatic carbocycles. The highest BCUT2D eigenvalue weighted by molar-refractivity contribution is 6.28. The molecule has 1 N–H and O–H groups in total. The highest BCUT2D eigenvalue weighted by atomic mass is 35.5. The summed E-state index contributed by atoms with van der Waals surface area (Å²) in [6.45, 7) is 4.74. The molecular formula is C11H13ClF3N3O2. The van der Waals surface area contributed by atoms with Crippen molar-refractivity contribution in [2.24, 2.45) is 0 Å². The number of hydrogen-bond donors (Lipinski definition) is 1. The van der Waals surface area contributed by atoms with Gasteiger partial charge in [0.15, 0.2) is 0 Å². The lowest BCUT2D eigenvalue weighted by molar-refractivity contribution is -0.141. The van der Waals surface area contributed by atoms with Crippen LogP contribution in [0.25, 0.3) is 0 Å². The third-order valence-electron chi connectivity index (χ3n) is 1.86. The highest BCUT2D eigenvalue weighted by Crippen LogP contribution is 2.28. The fourth-order valence-corrected chi connectivity index (χ4v) is 1.38. The molecule has 0 bridgehead atoms. The van der Waals surface area contributed by atoms with Crippen molar-refractivity contribution in [1.29, 1.82) is 0 Å². The zero-order chi connectivity index (χ0) is 15.6. The first-order valence-corrected chi connectivity index (χ1v) is 5.93. The van der Waals surface area contributed by atoms with Crippen LogP contribution in [-0.4, -0.2) is 21.7 Å². The Bertz CT molecular complexity index is 501. The van der Waals surface area contributed by atoms with Crippen LogP contribution < -0.4 is 5.32 Å². The molecule has 0 spiro atoms. The van der Waals surface area contributed by atoms with E-state index in [9.17, 15) is 18.0 Å². The first kappa shape index (κ1) is 16.5. The predicted molar refractivity (Wildman–Crippen MR) is 65.1 cm³/mol. The predicted octanol–water partition coefficient (Wildman–Crippen LogP) is 3.17. The van der Waals surface area contributed by atoms with Crippen molar-refractivity contribution >= 4 is 17.7 Å². The Labute approximate surface area is 118 Å². The van der Waals surface area contributed by atoms with Crippen molar-refractivity contribution in [3.8, 4) is 0 Å². The molecule has 0 aliphatic rings. The Morgan fingerprint density at radius 2 is 1.95 bits per heavy atom. The van der Waals surface area contributed by atoms with E-state index < -0.39 is 28.8 Å². The van der Waals surface area contributed by atoms with Crippen LogP contribution in [0.1, 0.15) is 32.2 Å². The smallest absolute Gasteiger partial charge is 0.433 e. The lowest BCUT2D eigenvalue weighted by Gasteiger charge is -2.19. The summed E-state index contributed by atoms with van der Waals surface area (Å²) in [5, 5.41) is 1.74. The first-order valence-electron chi connectivity index (χ1n) is 5.55. The number of ether oxygens (including phenoxy) is 1. The standard InChI is InChI=1S/C11H13ClF3N3O2/c1-10(2,3)20-9(19)16-5-6-4-7(11(13,14)15)18-8(12)17-6/h4H,5H2,1-3H3,(H,16,19). The van der Waals surface area contributed by atoms with Crippen LogP contribution in [-0.2, 0) is 17.5 Å². The minimum atomic E-state index is -4.63. The van der Waals surface area contributed by atoms with Crippen LogP contribution in [0.2, 0.25) is 5.28 Å². The van der Waals surface area contributed by atoms with Gasteiger partial charge in [-0.25, -0.2) is 14.8 Å². The molecule has 1 aromatic heterocycles. The zero-order valence-corrected chi connectivity index (χ0v) is 11.8. The largest absolute Gasteiger partial charge is 0.444 e. The maximum absolute atomic E-state index is 12.5. The molecule has 0 saturated carbocycles. The van der Waals surface area contributed by atoms with Gasteiger partial charge in [0.1, 0.15) is 11.3 Å². The van der Waals surface area contributed by atoms with Gasteiger partial charge in [-0.2, -0.15) is 13.2 Å². The van der Waals surface area contributed by atoms with E-state index >= 15 is 0 Å². The van der Waals surface area contributed by atoms with Gasteiger partial charge in [0, 0.05) is 0 Å². The van der Waals surface area contributed by atoms with E-state index in [-0.39, 0.29) is 12.2 Å². The van der Waals surface area contributed by atoms with Gasteiger partial charge in [-0.3, -0.25) is 0 Å². The second-order valence-electron chi connectivity index (χ2n) is 4.87. The van der Waals surface area contributed by atoms with Crippen molar-refractivity contribution in [3.05, 3.63) is 22.7 Å². The Hall–Kier alpha value is -1.57. The quantitative estimate of drug-likeness (QED) is 0.852. The number of carbonyl (C=O) groups is 1. The fourth-order valence-electron chi connectivity index (χ4n) is 1.18. The maximum atomic E-state index is 12.5. The van der Waals surface area contributed by atoms with Crippen LogP contribution in [0.3, 0.4) is 0 Å². The van der Waals surface area contributed by atoms with Crippen molar-refractivity contribution < 1.29 is 22.7 Å². The van der Waals surface area contributed by atoms with Crippen molar-refractivity contribution in [2.75, 3.05) is 0 Å². The molecular weight excluding hydrogens is 299 g/mol. The number of halogens is 4. The maximum Gasteiger partial charge on any atom is 0.433 e. The van der Waals surface area contributed by atoms with Crippen molar-refractivity contribution in [3.63, 3.8) is 0 Å². The van der Waals surface area contributed by atoms with E-state index in [1.165, 1.54) is 0 Å². The number of hydrogen-bond acceptors (Lipinski definition) is 4. The van der Waals surface area contributed by atoms with E-state index in [0.29, 0.717) is 6.07 Å². The number of rotatable bonds is 2. The van der Waals surface area contributed by atoms with Gasteiger partial charge in [0.25, 0.3) is 0 Å². The van der Waals surface area contributed by atoms with Gasteiger partial charge in [-0.1, -0.05) is 0 Å². The van der Waals surface area contributed by atoms with E-state index in [4.69, 9.17) is 16.3 Å². The molecule has 5 nitrogen and oxygen atoms in total. The number of alkyl carbamates (subject to hydrolysis) is 1. The molecule has 0 unspecified atom stereocenters. The summed E-state index contributed by atoms with van der Waals surface area (Å²) in [4.78, 5) is 18.0. The molecule has 0 aliphatic carbocycles. The summed E-state index contributed by atoms with van der Waals surface area (Å²) >= 11 is 5.41. The summed E-state index contributed by atoms with van der Waals surface area (Å²) in [6, 6.07) is 0.712. The molecule has 1 amide bonds. The van der Waals surface area contributed by atoms with Gasteiger partial charge < -0.3 is 10.1 Å². The minimum Gasteiger partial charge on any atom is -0.444 e. The Kier molecular flexibility index (Phi) is 4.80. The van der Waals surface area contributed by atoms with Crippen LogP contribution in [0, 0.1) is 0 Å². The molecule has 1 rings (SSSR count). The number of nitrogens with one attached hydrogen (secondary N) is 1. The number of alkyl halides is 3. The van der Waals surface area contributed by atoms with Crippen LogP contribution >= 0.6 is 11.6 Å². The van der Waals surface area contributed by atoms with Crippen LogP contribution in [0.15, 0.2) is 6.07 Å². The molecule has 1 heterocycles. The molecule has 0 atom stereocenters. The summed E-state index contributed by atoms with van der Waals surface area (Å²) in [6.07, 6.45) is -5.39. The molecule has 0 saturated heterocycles. The SMILES string of the molecule is CC(C)(C)OC(=O)NCc1cc(C(F)(F)F)nc(Cl)n1. The number of carbonyl (C=O) groups excluding carboxylic acids is 1. The summed E-state index contributed by atoms with van der Waals surface area (Å²) in [5.74, 6) is 0. The molecule has 20 heavy (non-hydrogen) atoms. The lowest BCUT2D eigenvalue weighted by Crippen LogP contribution is -2.32. The number of amides is 1. The van der Waals surface area contributed by atoms with E-state index in [1.54, 1.807) is 20.8 Å². The van der Waals surface area contributed by atoms with E-state index in [2.05, 4.69) is 15.3 Å². The average molecular weight is 312 g/mol. The second-order valence-corrected chi connectivity index (χ2v) is 5.20. The van der Waals surface area contributed by atoms with E-state index in [0.717, 1.165) is 0 Å². The van der Waals surface area contributed by atoms with Crippen molar-refractivity contribution in [2.45, 2.75) is 39.1 Å². The van der Waals surface area contributed by atoms with Crippen LogP contribution in [0.5, 0.6) is 0 Å². The second kappa shape index (κ2) is 5.82.